The first kappa shape index (κ1) is 13.3. The van der Waals surface area contributed by atoms with Crippen molar-refractivity contribution in [3.05, 3.63) is 57.4 Å². The van der Waals surface area contributed by atoms with E-state index in [1.807, 2.05) is 22.8 Å². The van der Waals surface area contributed by atoms with Crippen LogP contribution < -0.4 is 5.56 Å². The second-order valence-electron chi connectivity index (χ2n) is 6.27. The van der Waals surface area contributed by atoms with Crippen molar-refractivity contribution in [2.24, 2.45) is 0 Å². The van der Waals surface area contributed by atoms with E-state index in [4.69, 9.17) is 0 Å². The van der Waals surface area contributed by atoms with Crippen LogP contribution in [0, 0.1) is 11.3 Å². The van der Waals surface area contributed by atoms with Crippen molar-refractivity contribution in [1.29, 1.82) is 5.26 Å². The third-order valence-electron chi connectivity index (χ3n) is 4.80. The first-order chi connectivity index (χ1) is 10.8. The lowest BCUT2D eigenvalue weighted by molar-refractivity contribution is 0.646. The Morgan fingerprint density at radius 3 is 2.36 bits per heavy atom. The van der Waals surface area contributed by atoms with Crippen LogP contribution >= 0.6 is 0 Å². The first-order valence-electron chi connectivity index (χ1n) is 8.07. The Morgan fingerprint density at radius 1 is 1.05 bits per heavy atom. The van der Waals surface area contributed by atoms with Crippen molar-refractivity contribution >= 4 is 0 Å². The number of aromatic nitrogens is 1. The maximum atomic E-state index is 12.9. The van der Waals surface area contributed by atoms with Crippen molar-refractivity contribution in [2.75, 3.05) is 0 Å². The Hall–Kier alpha value is -2.34. The molecule has 22 heavy (non-hydrogen) atoms. The SMILES string of the molecule is N#Cc1c2c(c(-c3ccccc3)n(C3CC3)c1=O)CCCC2. The number of fused-ring (bicyclic) bond motifs is 1. The van der Waals surface area contributed by atoms with Crippen molar-refractivity contribution in [1.82, 2.24) is 4.57 Å². The van der Waals surface area contributed by atoms with Gasteiger partial charge in [0.1, 0.15) is 11.6 Å². The van der Waals surface area contributed by atoms with Gasteiger partial charge in [-0.25, -0.2) is 0 Å². The molecule has 0 N–H and O–H groups in total. The Bertz CT molecular complexity index is 823. The molecule has 0 radical (unpaired) electrons. The van der Waals surface area contributed by atoms with E-state index >= 15 is 0 Å². The van der Waals surface area contributed by atoms with Gasteiger partial charge >= 0.3 is 0 Å². The Labute approximate surface area is 129 Å². The van der Waals surface area contributed by atoms with E-state index in [0.717, 1.165) is 55.3 Å². The predicted molar refractivity (Wildman–Crippen MR) is 85.8 cm³/mol. The van der Waals surface area contributed by atoms with Gasteiger partial charge in [-0.3, -0.25) is 4.79 Å². The number of rotatable bonds is 2. The molecule has 0 bridgehead atoms. The zero-order chi connectivity index (χ0) is 15.1. The minimum absolute atomic E-state index is 0.0792. The van der Waals surface area contributed by atoms with Gasteiger partial charge in [0.15, 0.2) is 0 Å². The van der Waals surface area contributed by atoms with Gasteiger partial charge in [0, 0.05) is 6.04 Å². The molecule has 0 saturated heterocycles. The standard InChI is InChI=1S/C19H18N2O/c20-12-17-15-8-4-5-9-16(15)18(13-6-2-1-3-7-13)21(19(17)22)14-10-11-14/h1-3,6-7,14H,4-5,8-11H2. The number of benzene rings is 1. The van der Waals surface area contributed by atoms with Crippen LogP contribution in [-0.2, 0) is 12.8 Å². The molecule has 1 aromatic heterocycles. The van der Waals surface area contributed by atoms with E-state index in [2.05, 4.69) is 18.2 Å². The van der Waals surface area contributed by atoms with E-state index in [9.17, 15) is 10.1 Å². The molecule has 0 unspecified atom stereocenters. The molecule has 1 fully saturated rings. The molecule has 1 heterocycles. The van der Waals surface area contributed by atoms with Crippen molar-refractivity contribution in [3.63, 3.8) is 0 Å². The third-order valence-corrected chi connectivity index (χ3v) is 4.80. The zero-order valence-corrected chi connectivity index (χ0v) is 12.5. The van der Waals surface area contributed by atoms with Crippen molar-refractivity contribution in [2.45, 2.75) is 44.6 Å². The summed E-state index contributed by atoms with van der Waals surface area (Å²) in [5.74, 6) is 0. The van der Waals surface area contributed by atoms with Crippen LogP contribution in [0.1, 0.15) is 48.4 Å². The smallest absolute Gasteiger partial charge is 0.269 e. The van der Waals surface area contributed by atoms with Crippen LogP contribution in [0.5, 0.6) is 0 Å². The van der Waals surface area contributed by atoms with Crippen LogP contribution in [0.15, 0.2) is 35.1 Å². The van der Waals surface area contributed by atoms with Gasteiger partial charge in [-0.2, -0.15) is 5.26 Å². The molecule has 2 aliphatic carbocycles. The van der Waals surface area contributed by atoms with Crippen molar-refractivity contribution in [3.8, 4) is 17.3 Å². The minimum Gasteiger partial charge on any atom is -0.304 e. The molecule has 2 aliphatic rings. The molecule has 4 rings (SSSR count). The van der Waals surface area contributed by atoms with E-state index in [-0.39, 0.29) is 11.6 Å². The van der Waals surface area contributed by atoms with Gasteiger partial charge in [0.05, 0.1) is 5.69 Å². The summed E-state index contributed by atoms with van der Waals surface area (Å²) in [6, 6.07) is 12.7. The molecule has 1 saturated carbocycles. The lowest BCUT2D eigenvalue weighted by Gasteiger charge is -2.24. The fourth-order valence-electron chi connectivity index (χ4n) is 3.64. The molecular formula is C19H18N2O. The monoisotopic (exact) mass is 290 g/mol. The van der Waals surface area contributed by atoms with Crippen LogP contribution in [0.25, 0.3) is 11.3 Å². The van der Waals surface area contributed by atoms with E-state index in [1.54, 1.807) is 0 Å². The van der Waals surface area contributed by atoms with Gasteiger partial charge in [-0.15, -0.1) is 0 Å². The van der Waals surface area contributed by atoms with Gasteiger partial charge in [-0.1, -0.05) is 30.3 Å². The summed E-state index contributed by atoms with van der Waals surface area (Å²) in [4.78, 5) is 12.9. The average molecular weight is 290 g/mol. The highest BCUT2D eigenvalue weighted by Crippen LogP contribution is 2.40. The third kappa shape index (κ3) is 1.99. The topological polar surface area (TPSA) is 45.8 Å². The molecule has 110 valence electrons. The summed E-state index contributed by atoms with van der Waals surface area (Å²) in [7, 11) is 0. The second kappa shape index (κ2) is 5.14. The summed E-state index contributed by atoms with van der Waals surface area (Å²) in [5.41, 5.74) is 4.73. The quantitative estimate of drug-likeness (QED) is 0.848. The Morgan fingerprint density at radius 2 is 1.73 bits per heavy atom. The highest BCUT2D eigenvalue weighted by molar-refractivity contribution is 5.68. The normalized spacial score (nSPS) is 16.9. The lowest BCUT2D eigenvalue weighted by Crippen LogP contribution is -2.28. The average Bonchev–Trinajstić information content (AvgIpc) is 3.39. The molecule has 1 aromatic carbocycles. The maximum Gasteiger partial charge on any atom is 0.269 e. The second-order valence-corrected chi connectivity index (χ2v) is 6.27. The van der Waals surface area contributed by atoms with Gasteiger partial charge in [0.2, 0.25) is 0 Å². The molecule has 3 heteroatoms. The van der Waals surface area contributed by atoms with Gasteiger partial charge in [-0.05, 0) is 55.2 Å². The number of hydrogen-bond donors (Lipinski definition) is 0. The minimum atomic E-state index is -0.0792. The van der Waals surface area contributed by atoms with Crippen LogP contribution in [0.2, 0.25) is 0 Å². The molecular weight excluding hydrogens is 272 g/mol. The van der Waals surface area contributed by atoms with Crippen LogP contribution in [0.3, 0.4) is 0 Å². The number of nitrogens with zero attached hydrogens (tertiary/aromatic N) is 2. The largest absolute Gasteiger partial charge is 0.304 e. The number of pyridine rings is 1. The summed E-state index contributed by atoms with van der Waals surface area (Å²) >= 11 is 0. The maximum absolute atomic E-state index is 12.9. The Balaban J connectivity index is 2.10. The zero-order valence-electron chi connectivity index (χ0n) is 12.5. The molecule has 0 atom stereocenters. The summed E-state index contributed by atoms with van der Waals surface area (Å²) in [6.07, 6.45) is 6.14. The molecule has 0 amide bonds. The number of nitriles is 1. The van der Waals surface area contributed by atoms with Gasteiger partial charge < -0.3 is 4.57 Å². The van der Waals surface area contributed by atoms with Gasteiger partial charge in [0.25, 0.3) is 5.56 Å². The molecule has 0 spiro atoms. The fourth-order valence-corrected chi connectivity index (χ4v) is 3.64. The highest BCUT2D eigenvalue weighted by Gasteiger charge is 2.32. The van der Waals surface area contributed by atoms with Crippen LogP contribution in [-0.4, -0.2) is 4.57 Å². The Kier molecular flexibility index (Phi) is 3.11. The van der Waals surface area contributed by atoms with Crippen LogP contribution in [0.4, 0.5) is 0 Å². The molecule has 0 aliphatic heterocycles. The fraction of sp³-hybridized carbons (Fsp3) is 0.368. The number of hydrogen-bond acceptors (Lipinski definition) is 2. The van der Waals surface area contributed by atoms with E-state index in [0.29, 0.717) is 5.56 Å². The van der Waals surface area contributed by atoms with Crippen molar-refractivity contribution < 1.29 is 0 Å². The summed E-state index contributed by atoms with van der Waals surface area (Å²) < 4.78 is 1.91. The van der Waals surface area contributed by atoms with E-state index in [1.165, 1.54) is 5.56 Å². The highest BCUT2D eigenvalue weighted by atomic mass is 16.1. The molecule has 3 nitrogen and oxygen atoms in total. The predicted octanol–water partition coefficient (Wildman–Crippen LogP) is 3.60. The summed E-state index contributed by atoms with van der Waals surface area (Å²) in [6.45, 7) is 0. The molecule has 2 aromatic rings. The lowest BCUT2D eigenvalue weighted by atomic mass is 9.86. The van der Waals surface area contributed by atoms with E-state index < -0.39 is 0 Å². The first-order valence-corrected chi connectivity index (χ1v) is 8.07. The summed E-state index contributed by atoms with van der Waals surface area (Å²) in [5, 5.41) is 9.50.